The van der Waals surface area contributed by atoms with Crippen LogP contribution in [0.5, 0.6) is 0 Å². The van der Waals surface area contributed by atoms with Gasteiger partial charge in [0.15, 0.2) is 0 Å². The largest absolute Gasteiger partial charge is 0.382 e. The van der Waals surface area contributed by atoms with Gasteiger partial charge in [0.2, 0.25) is 0 Å². The molecule has 0 spiro atoms. The molecule has 1 aromatic carbocycles. The van der Waals surface area contributed by atoms with Gasteiger partial charge in [-0.25, -0.2) is 0 Å². The Bertz CT molecular complexity index is 740. The van der Waals surface area contributed by atoms with Crippen LogP contribution in [-0.2, 0) is 4.74 Å². The molecule has 1 aliphatic rings. The Kier molecular flexibility index (Phi) is 6.79. The second kappa shape index (κ2) is 9.48. The molecule has 1 fully saturated rings. The number of hydrogen-bond donors (Lipinski definition) is 2. The fourth-order valence-corrected chi connectivity index (χ4v) is 3.00. The molecule has 6 nitrogen and oxygen atoms in total. The molecule has 2 heterocycles. The van der Waals surface area contributed by atoms with Crippen LogP contribution in [0.4, 0.5) is 11.4 Å². The first-order valence-corrected chi connectivity index (χ1v) is 9.52. The lowest BCUT2D eigenvalue weighted by molar-refractivity contribution is 0.0398. The van der Waals surface area contributed by atoms with Crippen molar-refractivity contribution in [1.29, 1.82) is 0 Å². The Labute approximate surface area is 160 Å². The van der Waals surface area contributed by atoms with Crippen LogP contribution in [0, 0.1) is 0 Å². The van der Waals surface area contributed by atoms with E-state index in [0.29, 0.717) is 11.5 Å². The SMILES string of the molecule is CC(C)c1ccc(NC(=O)c2cncc(NCCN3CCOCC3)c2)cc1. The first-order valence-electron chi connectivity index (χ1n) is 9.52. The number of nitrogens with one attached hydrogen (secondary N) is 2. The van der Waals surface area contributed by atoms with Crippen molar-refractivity contribution in [2.45, 2.75) is 19.8 Å². The lowest BCUT2D eigenvalue weighted by Gasteiger charge is -2.26. The summed E-state index contributed by atoms with van der Waals surface area (Å²) in [7, 11) is 0. The summed E-state index contributed by atoms with van der Waals surface area (Å²) < 4.78 is 5.36. The van der Waals surface area contributed by atoms with Gasteiger partial charge < -0.3 is 15.4 Å². The lowest BCUT2D eigenvalue weighted by atomic mass is 10.0. The molecule has 0 atom stereocenters. The van der Waals surface area contributed by atoms with E-state index in [0.717, 1.165) is 50.8 Å². The number of ether oxygens (including phenoxy) is 1. The minimum atomic E-state index is -0.156. The molecular weight excluding hydrogens is 340 g/mol. The molecule has 6 heteroatoms. The summed E-state index contributed by atoms with van der Waals surface area (Å²) in [5.74, 6) is 0.316. The molecule has 0 radical (unpaired) electrons. The summed E-state index contributed by atoms with van der Waals surface area (Å²) in [4.78, 5) is 19.1. The summed E-state index contributed by atoms with van der Waals surface area (Å²) >= 11 is 0. The number of rotatable bonds is 7. The number of nitrogens with zero attached hydrogens (tertiary/aromatic N) is 2. The smallest absolute Gasteiger partial charge is 0.257 e. The molecule has 1 aromatic heterocycles. The quantitative estimate of drug-likeness (QED) is 0.786. The molecular formula is C21H28N4O2. The van der Waals surface area contributed by atoms with Crippen molar-refractivity contribution < 1.29 is 9.53 Å². The molecule has 2 aromatic rings. The summed E-state index contributed by atoms with van der Waals surface area (Å²) in [6.07, 6.45) is 3.33. The van der Waals surface area contributed by atoms with E-state index < -0.39 is 0 Å². The normalized spacial score (nSPS) is 14.9. The van der Waals surface area contributed by atoms with Crippen molar-refractivity contribution >= 4 is 17.3 Å². The molecule has 1 aliphatic heterocycles. The van der Waals surface area contributed by atoms with E-state index >= 15 is 0 Å². The van der Waals surface area contributed by atoms with Gasteiger partial charge in [-0.3, -0.25) is 14.7 Å². The Morgan fingerprint density at radius 3 is 2.59 bits per heavy atom. The number of carbonyl (C=O) groups excluding carboxylic acids is 1. The highest BCUT2D eigenvalue weighted by Crippen LogP contribution is 2.18. The first-order chi connectivity index (χ1) is 13.1. The average molecular weight is 368 g/mol. The summed E-state index contributed by atoms with van der Waals surface area (Å²) in [6, 6.07) is 9.80. The van der Waals surface area contributed by atoms with E-state index in [1.54, 1.807) is 12.4 Å². The monoisotopic (exact) mass is 368 g/mol. The number of hydrogen-bond acceptors (Lipinski definition) is 5. The van der Waals surface area contributed by atoms with Gasteiger partial charge in [-0.2, -0.15) is 0 Å². The molecule has 2 N–H and O–H groups in total. The molecule has 0 aliphatic carbocycles. The van der Waals surface area contributed by atoms with Gasteiger partial charge in [-0.05, 0) is 29.7 Å². The van der Waals surface area contributed by atoms with Crippen molar-refractivity contribution in [3.8, 4) is 0 Å². The van der Waals surface area contributed by atoms with Gasteiger partial charge >= 0.3 is 0 Å². The Morgan fingerprint density at radius 2 is 1.89 bits per heavy atom. The second-order valence-electron chi connectivity index (χ2n) is 7.07. The maximum Gasteiger partial charge on any atom is 0.257 e. The Hall–Kier alpha value is -2.44. The minimum Gasteiger partial charge on any atom is -0.382 e. The van der Waals surface area contributed by atoms with Crippen LogP contribution >= 0.6 is 0 Å². The van der Waals surface area contributed by atoms with Crippen LogP contribution in [0.25, 0.3) is 0 Å². The predicted octanol–water partition coefficient (Wildman–Crippen LogP) is 3.20. The number of pyridine rings is 1. The summed E-state index contributed by atoms with van der Waals surface area (Å²) in [5, 5.41) is 6.28. The van der Waals surface area contributed by atoms with Gasteiger partial charge in [0.05, 0.1) is 24.5 Å². The number of amides is 1. The number of anilines is 2. The number of morpholine rings is 1. The van der Waals surface area contributed by atoms with Gasteiger partial charge in [0.25, 0.3) is 5.91 Å². The fraction of sp³-hybridized carbons (Fsp3) is 0.429. The topological polar surface area (TPSA) is 66.5 Å². The molecule has 1 amide bonds. The Balaban J connectivity index is 1.53. The van der Waals surface area contributed by atoms with E-state index in [4.69, 9.17) is 4.74 Å². The van der Waals surface area contributed by atoms with Crippen molar-refractivity contribution in [2.24, 2.45) is 0 Å². The molecule has 0 bridgehead atoms. The molecule has 27 heavy (non-hydrogen) atoms. The average Bonchev–Trinajstić information content (AvgIpc) is 2.69. The van der Waals surface area contributed by atoms with Crippen molar-refractivity contribution in [3.05, 3.63) is 53.9 Å². The van der Waals surface area contributed by atoms with Crippen LogP contribution in [0.15, 0.2) is 42.7 Å². The number of aromatic nitrogens is 1. The van der Waals surface area contributed by atoms with Crippen LogP contribution in [0.3, 0.4) is 0 Å². The van der Waals surface area contributed by atoms with Crippen molar-refractivity contribution in [3.63, 3.8) is 0 Å². The van der Waals surface area contributed by atoms with Crippen LogP contribution in [0.2, 0.25) is 0 Å². The van der Waals surface area contributed by atoms with E-state index in [9.17, 15) is 4.79 Å². The number of benzene rings is 1. The van der Waals surface area contributed by atoms with Crippen LogP contribution < -0.4 is 10.6 Å². The summed E-state index contributed by atoms with van der Waals surface area (Å²) in [5.41, 5.74) is 3.43. The maximum atomic E-state index is 12.5. The highest BCUT2D eigenvalue weighted by atomic mass is 16.5. The fourth-order valence-electron chi connectivity index (χ4n) is 3.00. The van der Waals surface area contributed by atoms with E-state index in [1.807, 2.05) is 30.3 Å². The van der Waals surface area contributed by atoms with Crippen molar-refractivity contribution in [1.82, 2.24) is 9.88 Å². The highest BCUT2D eigenvalue weighted by Gasteiger charge is 2.11. The van der Waals surface area contributed by atoms with Crippen LogP contribution in [0.1, 0.15) is 35.7 Å². The van der Waals surface area contributed by atoms with Gasteiger partial charge in [-0.15, -0.1) is 0 Å². The first kappa shape index (κ1) is 19.3. The van der Waals surface area contributed by atoms with E-state index in [-0.39, 0.29) is 5.91 Å². The molecule has 0 saturated carbocycles. The third-order valence-electron chi connectivity index (χ3n) is 4.70. The van der Waals surface area contributed by atoms with Gasteiger partial charge in [0, 0.05) is 44.3 Å². The van der Waals surface area contributed by atoms with Crippen molar-refractivity contribution in [2.75, 3.05) is 50.0 Å². The molecule has 144 valence electrons. The minimum absolute atomic E-state index is 0.156. The lowest BCUT2D eigenvalue weighted by Crippen LogP contribution is -2.39. The maximum absolute atomic E-state index is 12.5. The zero-order valence-electron chi connectivity index (χ0n) is 16.1. The van der Waals surface area contributed by atoms with E-state index in [1.165, 1.54) is 5.56 Å². The molecule has 1 saturated heterocycles. The van der Waals surface area contributed by atoms with Gasteiger partial charge in [-0.1, -0.05) is 26.0 Å². The van der Waals surface area contributed by atoms with Gasteiger partial charge in [0.1, 0.15) is 0 Å². The zero-order chi connectivity index (χ0) is 19.1. The second-order valence-corrected chi connectivity index (χ2v) is 7.07. The Morgan fingerprint density at radius 1 is 1.15 bits per heavy atom. The third kappa shape index (κ3) is 5.77. The standard InChI is InChI=1S/C21H28N4O2/c1-16(2)17-3-5-19(6-4-17)24-21(26)18-13-20(15-22-14-18)23-7-8-25-9-11-27-12-10-25/h3-6,13-16,23H,7-12H2,1-2H3,(H,24,26). The molecule has 3 rings (SSSR count). The molecule has 0 unspecified atom stereocenters. The third-order valence-corrected chi connectivity index (χ3v) is 4.70. The summed E-state index contributed by atoms with van der Waals surface area (Å²) in [6.45, 7) is 9.60. The van der Waals surface area contributed by atoms with Crippen LogP contribution in [-0.4, -0.2) is 55.2 Å². The number of carbonyl (C=O) groups is 1. The zero-order valence-corrected chi connectivity index (χ0v) is 16.1. The predicted molar refractivity (Wildman–Crippen MR) is 108 cm³/mol. The highest BCUT2D eigenvalue weighted by molar-refractivity contribution is 6.04. The van der Waals surface area contributed by atoms with E-state index in [2.05, 4.69) is 34.4 Å².